The average Bonchev–Trinajstić information content (AvgIpc) is 3.26. The molecule has 0 bridgehead atoms. The molecule has 0 saturated heterocycles. The number of ketones is 1. The van der Waals surface area contributed by atoms with Crippen molar-refractivity contribution in [3.8, 4) is 0 Å². The summed E-state index contributed by atoms with van der Waals surface area (Å²) in [5.74, 6) is 6.13. The van der Waals surface area contributed by atoms with Crippen molar-refractivity contribution in [3.05, 3.63) is 23.8 Å². The Balaban J connectivity index is 1.44. The Morgan fingerprint density at radius 3 is 2.85 bits per heavy atom. The van der Waals surface area contributed by atoms with Gasteiger partial charge in [-0.2, -0.15) is 0 Å². The molecular formula is C25H34O2. The zero-order chi connectivity index (χ0) is 18.4. The minimum absolute atomic E-state index is 0.0684. The van der Waals surface area contributed by atoms with Crippen LogP contribution in [0.25, 0.3) is 0 Å². The molecule has 0 aromatic carbocycles. The quantitative estimate of drug-likeness (QED) is 0.617. The van der Waals surface area contributed by atoms with Crippen LogP contribution in [0.1, 0.15) is 65.2 Å². The number of carbonyl (C=O) groups is 1. The summed E-state index contributed by atoms with van der Waals surface area (Å²) in [5.41, 5.74) is 1.98. The van der Waals surface area contributed by atoms with Gasteiger partial charge < -0.3 is 4.74 Å². The Morgan fingerprint density at radius 1 is 1.22 bits per heavy atom. The van der Waals surface area contributed by atoms with E-state index in [-0.39, 0.29) is 5.60 Å². The van der Waals surface area contributed by atoms with Gasteiger partial charge in [0.15, 0.2) is 5.78 Å². The van der Waals surface area contributed by atoms with Gasteiger partial charge >= 0.3 is 0 Å². The second kappa shape index (κ2) is 5.59. The van der Waals surface area contributed by atoms with E-state index in [0.29, 0.717) is 17.1 Å². The molecule has 6 rings (SSSR count). The van der Waals surface area contributed by atoms with E-state index in [1.54, 1.807) is 0 Å². The van der Waals surface area contributed by atoms with Crippen LogP contribution in [0.5, 0.6) is 0 Å². The highest BCUT2D eigenvalue weighted by molar-refractivity contribution is 5.91. The number of rotatable bonds is 2. The first-order chi connectivity index (χ1) is 13.1. The van der Waals surface area contributed by atoms with Gasteiger partial charge in [0.2, 0.25) is 0 Å². The third-order valence-electron chi connectivity index (χ3n) is 10.1. The van der Waals surface area contributed by atoms with Crippen molar-refractivity contribution >= 4 is 5.78 Å². The van der Waals surface area contributed by atoms with Crippen molar-refractivity contribution in [2.75, 3.05) is 6.61 Å². The SMILES string of the molecule is CC[C@H]1CC2=CC(=O)CC[C@@H]2C2CC[C@@]3(CC)C(C21)[C@@H]1C[C@@H]1[C@@]31C=CCO1. The van der Waals surface area contributed by atoms with Crippen molar-refractivity contribution in [3.63, 3.8) is 0 Å². The van der Waals surface area contributed by atoms with E-state index in [1.165, 1.54) is 44.1 Å². The van der Waals surface area contributed by atoms with E-state index in [2.05, 4.69) is 32.1 Å². The van der Waals surface area contributed by atoms with Crippen LogP contribution in [0, 0.1) is 46.8 Å². The molecule has 1 aliphatic heterocycles. The highest BCUT2D eigenvalue weighted by atomic mass is 16.5. The smallest absolute Gasteiger partial charge is 0.155 e. The fraction of sp³-hybridized carbons (Fsp3) is 0.800. The monoisotopic (exact) mass is 366 g/mol. The number of ether oxygens (including phenoxy) is 1. The van der Waals surface area contributed by atoms with Crippen molar-refractivity contribution in [1.82, 2.24) is 0 Å². The van der Waals surface area contributed by atoms with Crippen molar-refractivity contribution in [2.45, 2.75) is 70.8 Å². The third kappa shape index (κ3) is 1.94. The molecule has 146 valence electrons. The van der Waals surface area contributed by atoms with Gasteiger partial charge in [0.05, 0.1) is 12.2 Å². The van der Waals surface area contributed by atoms with Crippen LogP contribution in [0.4, 0.5) is 0 Å². The Kier molecular flexibility index (Phi) is 3.52. The van der Waals surface area contributed by atoms with Gasteiger partial charge in [0.25, 0.3) is 0 Å². The summed E-state index contributed by atoms with van der Waals surface area (Å²) >= 11 is 0. The second-order valence-electron chi connectivity index (χ2n) is 10.5. The van der Waals surface area contributed by atoms with Gasteiger partial charge in [-0.25, -0.2) is 0 Å². The Labute approximate surface area is 163 Å². The van der Waals surface area contributed by atoms with E-state index in [1.807, 2.05) is 0 Å². The lowest BCUT2D eigenvalue weighted by Crippen LogP contribution is -2.57. The van der Waals surface area contributed by atoms with E-state index in [0.717, 1.165) is 55.0 Å². The fourth-order valence-electron chi connectivity index (χ4n) is 9.27. The van der Waals surface area contributed by atoms with Crippen molar-refractivity contribution < 1.29 is 9.53 Å². The molecule has 1 heterocycles. The largest absolute Gasteiger partial charge is 0.366 e. The summed E-state index contributed by atoms with van der Waals surface area (Å²) in [5, 5.41) is 0. The van der Waals surface area contributed by atoms with E-state index < -0.39 is 0 Å². The molecule has 0 N–H and O–H groups in total. The van der Waals surface area contributed by atoms with Gasteiger partial charge in [-0.05, 0) is 86.0 Å². The molecule has 0 aromatic rings. The summed E-state index contributed by atoms with van der Waals surface area (Å²) in [7, 11) is 0. The maximum atomic E-state index is 12.1. The summed E-state index contributed by atoms with van der Waals surface area (Å²) in [6.07, 6.45) is 16.7. The molecule has 0 radical (unpaired) electrons. The maximum absolute atomic E-state index is 12.1. The number of hydrogen-bond donors (Lipinski definition) is 0. The van der Waals surface area contributed by atoms with Gasteiger partial charge in [-0.1, -0.05) is 38.0 Å². The number of carbonyl (C=O) groups excluding carboxylic acids is 1. The summed E-state index contributed by atoms with van der Waals surface area (Å²) in [4.78, 5) is 12.1. The molecule has 5 aliphatic carbocycles. The lowest BCUT2D eigenvalue weighted by molar-refractivity contribution is -0.152. The van der Waals surface area contributed by atoms with Gasteiger partial charge in [0, 0.05) is 11.8 Å². The van der Waals surface area contributed by atoms with E-state index >= 15 is 0 Å². The minimum Gasteiger partial charge on any atom is -0.366 e. The standard InChI is InChI=1S/C25H34O2/c1-3-15-12-16-13-17(26)6-7-18(16)19-8-10-24(4-2)23(22(15)19)20-14-21(20)25(24)9-5-11-27-25/h5,9,13,15,18-23H,3-4,6-8,10-12,14H2,1-2H3/t15-,18-,19?,20+,21-,22?,23?,24-,25-/m0/s1. The van der Waals surface area contributed by atoms with Gasteiger partial charge in [0.1, 0.15) is 0 Å². The van der Waals surface area contributed by atoms with Crippen molar-refractivity contribution in [1.29, 1.82) is 0 Å². The number of fused-ring (bicyclic) bond motifs is 9. The normalized spacial score (nSPS) is 55.0. The molecule has 4 fully saturated rings. The topological polar surface area (TPSA) is 26.3 Å². The first-order valence-electron chi connectivity index (χ1n) is 11.7. The van der Waals surface area contributed by atoms with Crippen LogP contribution in [0.3, 0.4) is 0 Å². The Morgan fingerprint density at radius 2 is 2.11 bits per heavy atom. The first-order valence-corrected chi connectivity index (χ1v) is 11.7. The highest BCUT2D eigenvalue weighted by Gasteiger charge is 2.77. The molecule has 0 amide bonds. The van der Waals surface area contributed by atoms with E-state index in [4.69, 9.17) is 4.74 Å². The van der Waals surface area contributed by atoms with Crippen molar-refractivity contribution in [2.24, 2.45) is 46.8 Å². The summed E-state index contributed by atoms with van der Waals surface area (Å²) in [6, 6.07) is 0. The predicted molar refractivity (Wildman–Crippen MR) is 106 cm³/mol. The van der Waals surface area contributed by atoms with Crippen LogP contribution < -0.4 is 0 Å². The fourth-order valence-corrected chi connectivity index (χ4v) is 9.27. The first kappa shape index (κ1) is 17.0. The molecule has 2 heteroatoms. The van der Waals surface area contributed by atoms with Crippen LogP contribution in [0.15, 0.2) is 23.8 Å². The summed E-state index contributed by atoms with van der Waals surface area (Å²) < 4.78 is 6.62. The highest BCUT2D eigenvalue weighted by Crippen LogP contribution is 2.79. The minimum atomic E-state index is 0.0684. The molecule has 1 spiro atoms. The Hall–Kier alpha value is -0.890. The van der Waals surface area contributed by atoms with Crippen LogP contribution in [0.2, 0.25) is 0 Å². The average molecular weight is 367 g/mol. The van der Waals surface area contributed by atoms with Gasteiger partial charge in [-0.15, -0.1) is 0 Å². The lowest BCUT2D eigenvalue weighted by atomic mass is 9.45. The molecule has 27 heavy (non-hydrogen) atoms. The molecule has 9 atom stereocenters. The van der Waals surface area contributed by atoms with Gasteiger partial charge in [-0.3, -0.25) is 4.79 Å². The number of allylic oxidation sites excluding steroid dienone is 1. The predicted octanol–water partition coefficient (Wildman–Crippen LogP) is 5.34. The van der Waals surface area contributed by atoms with E-state index in [9.17, 15) is 4.79 Å². The molecule has 2 nitrogen and oxygen atoms in total. The second-order valence-corrected chi connectivity index (χ2v) is 10.5. The molecule has 0 aromatic heterocycles. The van der Waals surface area contributed by atoms with Crippen LogP contribution >= 0.6 is 0 Å². The molecule has 6 aliphatic rings. The van der Waals surface area contributed by atoms with Crippen LogP contribution in [-0.2, 0) is 9.53 Å². The summed E-state index contributed by atoms with van der Waals surface area (Å²) in [6.45, 7) is 5.68. The third-order valence-corrected chi connectivity index (χ3v) is 10.1. The molecule has 4 saturated carbocycles. The maximum Gasteiger partial charge on any atom is 0.155 e. The molecular weight excluding hydrogens is 332 g/mol. The zero-order valence-corrected chi connectivity index (χ0v) is 17.0. The number of hydrogen-bond acceptors (Lipinski definition) is 2. The lowest BCUT2D eigenvalue weighted by Gasteiger charge is -2.60. The zero-order valence-electron chi connectivity index (χ0n) is 17.0. The Bertz CT molecular complexity index is 735. The molecule has 3 unspecified atom stereocenters. The van der Waals surface area contributed by atoms with Crippen LogP contribution in [-0.4, -0.2) is 18.0 Å².